The summed E-state index contributed by atoms with van der Waals surface area (Å²) in [4.78, 5) is 0. The van der Waals surface area contributed by atoms with E-state index in [1.54, 1.807) is 0 Å². The van der Waals surface area contributed by atoms with Gasteiger partial charge < -0.3 is 0 Å². The van der Waals surface area contributed by atoms with E-state index in [0.717, 1.165) is 29.4 Å². The van der Waals surface area contributed by atoms with Crippen LogP contribution in [0.4, 0.5) is 0 Å². The first-order valence-corrected chi connectivity index (χ1v) is 32.9. The Kier molecular flexibility index (Phi) is 8.08. The fourth-order valence-corrected chi connectivity index (χ4v) is 66.3. The molecule has 260 valence electrons. The zero-order valence-corrected chi connectivity index (χ0v) is 38.7. The minimum absolute atomic E-state index is 1.04. The van der Waals surface area contributed by atoms with Crippen molar-refractivity contribution in [3.8, 4) is 44.5 Å². The van der Waals surface area contributed by atoms with Crippen LogP contribution >= 0.6 is 17.8 Å². The molecule has 0 amide bonds. The van der Waals surface area contributed by atoms with Crippen LogP contribution in [0.3, 0.4) is 0 Å². The van der Waals surface area contributed by atoms with Crippen molar-refractivity contribution in [2.45, 2.75) is 69.2 Å². The number of benzene rings is 8. The quantitative estimate of drug-likeness (QED) is 0.161. The van der Waals surface area contributed by atoms with Crippen LogP contribution in [0.2, 0.25) is 0 Å². The van der Waals surface area contributed by atoms with Crippen LogP contribution in [0.5, 0.6) is 0 Å². The van der Waals surface area contributed by atoms with Crippen LogP contribution in [0, 0.1) is 69.2 Å². The number of hydrogen-bond donors (Lipinski definition) is 0. The van der Waals surface area contributed by atoms with Gasteiger partial charge in [0, 0.05) is 0 Å². The Morgan fingerprint density at radius 3 is 1.25 bits per heavy atom. The molecule has 0 aliphatic carbocycles. The first-order chi connectivity index (χ1) is 24.6. The summed E-state index contributed by atoms with van der Waals surface area (Å²) in [6.07, 6.45) is 0. The number of hydrogen-bond acceptors (Lipinski definition) is 2. The molecule has 6 heteroatoms. The maximum absolute atomic E-state index is 8.03. The van der Waals surface area contributed by atoms with Gasteiger partial charge in [0.15, 0.2) is 0 Å². The molecule has 1 fully saturated rings. The maximum atomic E-state index is 8.03. The van der Waals surface area contributed by atoms with E-state index in [0.29, 0.717) is 0 Å². The molecule has 5 aliphatic rings. The van der Waals surface area contributed by atoms with Crippen molar-refractivity contribution in [2.75, 3.05) is 0 Å². The van der Waals surface area contributed by atoms with E-state index in [4.69, 9.17) is 20.7 Å². The van der Waals surface area contributed by atoms with Gasteiger partial charge in [0.25, 0.3) is 0 Å². The fourth-order valence-electron chi connectivity index (χ4n) is 10.2. The minimum atomic E-state index is -4.64. The predicted molar refractivity (Wildman–Crippen MR) is 226 cm³/mol. The molecule has 0 spiro atoms. The molecule has 5 heterocycles. The average molecular weight is 935 g/mol. The first-order valence-electron chi connectivity index (χ1n) is 18.1. The molecule has 8 aromatic rings. The Hall–Kier alpha value is -2.58. The molecule has 0 radical (unpaired) electrons. The topological polar surface area (TPSA) is 18.5 Å². The molecule has 8 bridgehead atoms. The van der Waals surface area contributed by atoms with Gasteiger partial charge in [-0.25, -0.2) is 0 Å². The van der Waals surface area contributed by atoms with Gasteiger partial charge in [0.2, 0.25) is 0 Å². The monoisotopic (exact) mass is 936 g/mol. The molecule has 0 unspecified atom stereocenters. The number of halogens is 2. The summed E-state index contributed by atoms with van der Waals surface area (Å²) < 4.78 is 16.9. The van der Waals surface area contributed by atoms with E-state index < -0.39 is 36.2 Å². The predicted octanol–water partition coefficient (Wildman–Crippen LogP) is 12.0. The molecule has 1 saturated heterocycles. The van der Waals surface area contributed by atoms with Gasteiger partial charge in [-0.15, -0.1) is 0 Å². The van der Waals surface area contributed by atoms with Gasteiger partial charge in [-0.05, 0) is 0 Å². The summed E-state index contributed by atoms with van der Waals surface area (Å²) in [7, 11) is 16.1. The van der Waals surface area contributed by atoms with Crippen LogP contribution in [-0.2, 0) is 2.82 Å². The van der Waals surface area contributed by atoms with Crippen molar-refractivity contribution in [3.63, 3.8) is 0 Å². The van der Waals surface area contributed by atoms with E-state index in [9.17, 15) is 0 Å². The Morgan fingerprint density at radius 1 is 0.404 bits per heavy atom. The fraction of sp³-hybridized carbons (Fsp3) is 0.217. The van der Waals surface area contributed by atoms with E-state index in [1.165, 1.54) is 99.4 Å². The van der Waals surface area contributed by atoms with Crippen molar-refractivity contribution < 1.29 is 2.82 Å². The van der Waals surface area contributed by atoms with E-state index in [2.05, 4.69) is 142 Å². The van der Waals surface area contributed by atoms with Crippen LogP contribution in [0.15, 0.2) is 72.8 Å². The molecule has 8 aromatic carbocycles. The normalized spacial score (nSPS) is 19.2. The summed E-state index contributed by atoms with van der Waals surface area (Å²) >= 11 is -9.29. The van der Waals surface area contributed by atoms with E-state index in [1.807, 2.05) is 0 Å². The molecule has 0 aromatic heterocycles. The summed E-state index contributed by atoms with van der Waals surface area (Å²) in [6, 6.07) is 27.2. The Bertz CT molecular complexity index is 2680. The van der Waals surface area contributed by atoms with Crippen LogP contribution in [-0.4, -0.2) is 36.2 Å². The summed E-state index contributed by atoms with van der Waals surface area (Å²) in [5.74, 6) is 0. The zero-order chi connectivity index (χ0) is 36.8. The number of fused-ring (bicyclic) bond motifs is 1. The van der Waals surface area contributed by atoms with E-state index in [-0.39, 0.29) is 0 Å². The molecule has 0 saturated carbocycles. The number of aryl methyl sites for hydroxylation is 10. The molecule has 0 atom stereocenters. The molecule has 52 heavy (non-hydrogen) atoms. The van der Waals surface area contributed by atoms with Crippen LogP contribution < -0.4 is 7.16 Å². The Morgan fingerprint density at radius 2 is 0.788 bits per heavy atom. The van der Waals surface area contributed by atoms with Gasteiger partial charge in [0.05, 0.1) is 0 Å². The third kappa shape index (κ3) is 4.83. The third-order valence-corrected chi connectivity index (χ3v) is 57.7. The zero-order valence-electron chi connectivity index (χ0n) is 31.5. The first kappa shape index (κ1) is 35.1. The Labute approximate surface area is 324 Å². The molecular weight excluding hydrogens is 893 g/mol. The van der Waals surface area contributed by atoms with Gasteiger partial charge in [-0.3, -0.25) is 0 Å². The van der Waals surface area contributed by atoms with Crippen molar-refractivity contribution >= 4 is 82.7 Å². The molecule has 13 rings (SSSR count). The summed E-state index contributed by atoms with van der Waals surface area (Å²) in [5, 5.41) is 5.19. The second kappa shape index (κ2) is 12.0. The van der Waals surface area contributed by atoms with Crippen molar-refractivity contribution in [1.82, 2.24) is 0 Å². The number of rotatable bonds is 2. The SMILES string of the molecule is Cc1cc(C)c(-c2cccc3[c]2[Sn]2([Cl])[O][Sn]([Cl])([O]2)[c]2c(-c4c(C)cc(C)cc4C)cccc2-c2c(C)cc(C)c4c5cc(C)c(c(C)c5-3)c24)c(C)c1. The van der Waals surface area contributed by atoms with Gasteiger partial charge in [0.1, 0.15) is 0 Å². The van der Waals surface area contributed by atoms with Crippen molar-refractivity contribution in [2.24, 2.45) is 0 Å². The standard InChI is InChI=1S/C46H42.2ClH.2O.2Sn/c1-25-17-27(3)40(28(4)18-25)35-13-11-15-37(23-35)43-31(7)21-32(8)44-39-22-33(9)42(46(43)44)34(10)45(39)38-16-12-14-36(24-38)41-29(5)19-26(2)20-30(41)6;;;;;;/h11-22H,1-10H3;2*1H;;;;/q;;;;;2*+1/p-2. The molecular formula is C46H42Cl2O2Sn2. The van der Waals surface area contributed by atoms with Gasteiger partial charge >= 0.3 is 328 Å². The molecule has 5 aliphatic heterocycles. The molecule has 0 N–H and O–H groups in total. The van der Waals surface area contributed by atoms with Crippen molar-refractivity contribution in [3.05, 3.63) is 128 Å². The summed E-state index contributed by atoms with van der Waals surface area (Å²) in [5.41, 5.74) is 21.7. The Balaban J connectivity index is 1.51. The second-order valence-electron chi connectivity index (χ2n) is 15.5. The average Bonchev–Trinajstić information content (AvgIpc) is 3.02. The van der Waals surface area contributed by atoms with Crippen molar-refractivity contribution in [1.29, 1.82) is 0 Å². The second-order valence-corrected chi connectivity index (χ2v) is 40.2. The van der Waals surface area contributed by atoms with E-state index >= 15 is 0 Å². The van der Waals surface area contributed by atoms with Crippen LogP contribution in [0.1, 0.15) is 55.6 Å². The third-order valence-electron chi connectivity index (χ3n) is 11.7. The van der Waals surface area contributed by atoms with Gasteiger partial charge in [-0.1, -0.05) is 0 Å². The van der Waals surface area contributed by atoms with Gasteiger partial charge in [-0.2, -0.15) is 0 Å². The van der Waals surface area contributed by atoms with Crippen LogP contribution in [0.25, 0.3) is 66.1 Å². The molecule has 2 nitrogen and oxygen atoms in total. The summed E-state index contributed by atoms with van der Waals surface area (Å²) in [6.45, 7) is 22.2.